The Morgan fingerprint density at radius 3 is 2.73 bits per heavy atom. The van der Waals surface area contributed by atoms with Gasteiger partial charge >= 0.3 is 0 Å². The lowest BCUT2D eigenvalue weighted by Gasteiger charge is -2.33. The molecule has 30 heavy (non-hydrogen) atoms. The highest BCUT2D eigenvalue weighted by molar-refractivity contribution is 7.98. The number of amides is 1. The number of fused-ring (bicyclic) bond motifs is 1. The second-order valence-corrected chi connectivity index (χ2v) is 8.66. The molecule has 1 amide bonds. The topological polar surface area (TPSA) is 71.0 Å². The number of rotatable bonds is 5. The molecular weight excluding hydrogens is 394 g/mol. The number of aromatic nitrogens is 3. The number of carbonyl (C=O) groups excluding carboxylic acids is 1. The zero-order valence-electron chi connectivity index (χ0n) is 17.7. The minimum absolute atomic E-state index is 0.0224. The summed E-state index contributed by atoms with van der Waals surface area (Å²) in [5.41, 5.74) is 5.42. The molecule has 3 heterocycles. The third kappa shape index (κ3) is 4.56. The van der Waals surface area contributed by atoms with E-state index in [1.807, 2.05) is 26.1 Å². The monoisotopic (exact) mass is 421 g/mol. The molecule has 1 fully saturated rings. The molecule has 0 saturated carbocycles. The largest absolute Gasteiger partial charge is 0.369 e. The Balaban J connectivity index is 1.41. The maximum Gasteiger partial charge on any atom is 0.225 e. The third-order valence-corrected chi connectivity index (χ3v) is 6.44. The summed E-state index contributed by atoms with van der Waals surface area (Å²) in [6.07, 6.45) is 5.80. The molecule has 1 unspecified atom stereocenters. The molecule has 1 aliphatic heterocycles. The second kappa shape index (κ2) is 9.00. The van der Waals surface area contributed by atoms with Crippen molar-refractivity contribution in [3.8, 4) is 0 Å². The van der Waals surface area contributed by atoms with Gasteiger partial charge in [-0.2, -0.15) is 0 Å². The van der Waals surface area contributed by atoms with Crippen LogP contribution >= 0.6 is 11.8 Å². The SMILES string of the molecule is CSc1ccc(CNC(=O)C2CCCN(c3cnc4nc(C)c(C)nc4c3)C2)cc1. The maximum atomic E-state index is 12.8. The molecule has 1 N–H and O–H groups in total. The minimum Gasteiger partial charge on any atom is -0.369 e. The Bertz CT molecular complexity index is 1050. The average molecular weight is 422 g/mol. The van der Waals surface area contributed by atoms with Gasteiger partial charge in [-0.3, -0.25) is 4.79 Å². The molecule has 1 atom stereocenters. The molecule has 1 saturated heterocycles. The van der Waals surface area contributed by atoms with E-state index in [1.165, 1.54) is 4.90 Å². The Morgan fingerprint density at radius 1 is 1.20 bits per heavy atom. The second-order valence-electron chi connectivity index (χ2n) is 7.78. The van der Waals surface area contributed by atoms with Gasteiger partial charge in [-0.1, -0.05) is 12.1 Å². The number of anilines is 1. The van der Waals surface area contributed by atoms with Gasteiger partial charge in [-0.15, -0.1) is 11.8 Å². The van der Waals surface area contributed by atoms with Crippen LogP contribution in [0.15, 0.2) is 41.4 Å². The van der Waals surface area contributed by atoms with Crippen LogP contribution in [-0.2, 0) is 11.3 Å². The standard InChI is InChI=1S/C23H27N5OS/c1-15-16(2)27-22-21(26-15)11-19(13-24-22)28-10-4-5-18(14-28)23(29)25-12-17-6-8-20(30-3)9-7-17/h6-9,11,13,18H,4-5,10,12,14H2,1-3H3,(H,25,29). The number of nitrogens with zero attached hydrogens (tertiary/aromatic N) is 4. The first-order chi connectivity index (χ1) is 14.5. The first-order valence-electron chi connectivity index (χ1n) is 10.3. The zero-order chi connectivity index (χ0) is 21.1. The van der Waals surface area contributed by atoms with E-state index in [1.54, 1.807) is 11.8 Å². The summed E-state index contributed by atoms with van der Waals surface area (Å²) in [6.45, 7) is 6.09. The van der Waals surface area contributed by atoms with Gasteiger partial charge in [0, 0.05) is 24.5 Å². The number of aryl methyl sites for hydroxylation is 2. The van der Waals surface area contributed by atoms with Crippen LogP contribution in [0.1, 0.15) is 29.8 Å². The molecule has 7 heteroatoms. The smallest absolute Gasteiger partial charge is 0.225 e. The summed E-state index contributed by atoms with van der Waals surface area (Å²) in [6, 6.07) is 10.4. The number of hydrogen-bond acceptors (Lipinski definition) is 6. The number of nitrogens with one attached hydrogen (secondary N) is 1. The molecule has 156 valence electrons. The van der Waals surface area contributed by atoms with E-state index in [4.69, 9.17) is 0 Å². The molecule has 0 bridgehead atoms. The maximum absolute atomic E-state index is 12.8. The van der Waals surface area contributed by atoms with Gasteiger partial charge in [0.05, 0.1) is 29.2 Å². The first-order valence-corrected chi connectivity index (χ1v) is 11.5. The van der Waals surface area contributed by atoms with Crippen molar-refractivity contribution in [1.29, 1.82) is 0 Å². The molecule has 3 aromatic rings. The molecule has 0 aliphatic carbocycles. The molecule has 1 aromatic carbocycles. The highest BCUT2D eigenvalue weighted by atomic mass is 32.2. The van der Waals surface area contributed by atoms with Crippen LogP contribution in [0.3, 0.4) is 0 Å². The van der Waals surface area contributed by atoms with Crippen molar-refractivity contribution in [3.05, 3.63) is 53.5 Å². The Labute approximate surface area is 181 Å². The van der Waals surface area contributed by atoms with Gasteiger partial charge in [0.1, 0.15) is 5.52 Å². The number of piperidine rings is 1. The van der Waals surface area contributed by atoms with E-state index in [0.717, 1.165) is 47.5 Å². The fourth-order valence-corrected chi connectivity index (χ4v) is 4.19. The van der Waals surface area contributed by atoms with Crippen LogP contribution in [-0.4, -0.2) is 40.2 Å². The number of thioether (sulfide) groups is 1. The number of benzene rings is 1. The Kier molecular flexibility index (Phi) is 6.18. The van der Waals surface area contributed by atoms with Crippen molar-refractivity contribution in [2.75, 3.05) is 24.2 Å². The van der Waals surface area contributed by atoms with E-state index < -0.39 is 0 Å². The zero-order valence-corrected chi connectivity index (χ0v) is 18.5. The van der Waals surface area contributed by atoms with Crippen LogP contribution in [0.4, 0.5) is 5.69 Å². The summed E-state index contributed by atoms with van der Waals surface area (Å²) in [4.78, 5) is 29.9. The Hall–Kier alpha value is -2.67. The van der Waals surface area contributed by atoms with E-state index in [9.17, 15) is 4.79 Å². The van der Waals surface area contributed by atoms with Crippen LogP contribution in [0.2, 0.25) is 0 Å². The average Bonchev–Trinajstić information content (AvgIpc) is 2.78. The number of carbonyl (C=O) groups is 1. The lowest BCUT2D eigenvalue weighted by molar-refractivity contribution is -0.125. The van der Waals surface area contributed by atoms with Crippen molar-refractivity contribution >= 4 is 34.5 Å². The summed E-state index contributed by atoms with van der Waals surface area (Å²) in [5, 5.41) is 3.11. The normalized spacial score (nSPS) is 16.6. The summed E-state index contributed by atoms with van der Waals surface area (Å²) >= 11 is 1.72. The first kappa shape index (κ1) is 20.6. The molecule has 0 radical (unpaired) electrons. The van der Waals surface area contributed by atoms with Gasteiger partial charge in [0.25, 0.3) is 0 Å². The molecule has 6 nitrogen and oxygen atoms in total. The third-order valence-electron chi connectivity index (χ3n) is 5.70. The van der Waals surface area contributed by atoms with Gasteiger partial charge in [0.15, 0.2) is 5.65 Å². The summed E-state index contributed by atoms with van der Waals surface area (Å²) in [7, 11) is 0. The van der Waals surface area contributed by atoms with E-state index >= 15 is 0 Å². The van der Waals surface area contributed by atoms with Crippen molar-refractivity contribution in [2.45, 2.75) is 38.1 Å². The fraction of sp³-hybridized carbons (Fsp3) is 0.391. The summed E-state index contributed by atoms with van der Waals surface area (Å²) < 4.78 is 0. The minimum atomic E-state index is -0.0224. The van der Waals surface area contributed by atoms with Crippen LogP contribution < -0.4 is 10.2 Å². The van der Waals surface area contributed by atoms with Crippen LogP contribution in [0.25, 0.3) is 11.2 Å². The van der Waals surface area contributed by atoms with E-state index in [2.05, 4.69) is 55.7 Å². The molecule has 4 rings (SSSR count). The van der Waals surface area contributed by atoms with Crippen molar-refractivity contribution in [1.82, 2.24) is 20.3 Å². The van der Waals surface area contributed by atoms with E-state index in [-0.39, 0.29) is 11.8 Å². The Morgan fingerprint density at radius 2 is 1.97 bits per heavy atom. The van der Waals surface area contributed by atoms with Crippen molar-refractivity contribution in [2.24, 2.45) is 5.92 Å². The lowest BCUT2D eigenvalue weighted by Crippen LogP contribution is -2.43. The van der Waals surface area contributed by atoms with Gasteiger partial charge in [-0.05, 0) is 56.7 Å². The van der Waals surface area contributed by atoms with Crippen LogP contribution in [0, 0.1) is 19.8 Å². The lowest BCUT2D eigenvalue weighted by atomic mass is 9.96. The number of hydrogen-bond donors (Lipinski definition) is 1. The predicted octanol–water partition coefficient (Wildman–Crippen LogP) is 3.90. The van der Waals surface area contributed by atoms with Gasteiger partial charge in [-0.25, -0.2) is 15.0 Å². The highest BCUT2D eigenvalue weighted by Crippen LogP contribution is 2.25. The summed E-state index contributed by atoms with van der Waals surface area (Å²) in [5.74, 6) is 0.0967. The van der Waals surface area contributed by atoms with E-state index in [0.29, 0.717) is 18.7 Å². The van der Waals surface area contributed by atoms with Gasteiger partial charge in [0.2, 0.25) is 5.91 Å². The predicted molar refractivity (Wildman–Crippen MR) is 122 cm³/mol. The molecule has 0 spiro atoms. The van der Waals surface area contributed by atoms with Crippen molar-refractivity contribution < 1.29 is 4.79 Å². The fourth-order valence-electron chi connectivity index (χ4n) is 3.78. The number of pyridine rings is 1. The molecule has 2 aromatic heterocycles. The molecular formula is C23H27N5OS. The molecule has 1 aliphatic rings. The van der Waals surface area contributed by atoms with Crippen molar-refractivity contribution in [3.63, 3.8) is 0 Å². The highest BCUT2D eigenvalue weighted by Gasteiger charge is 2.26. The van der Waals surface area contributed by atoms with Crippen LogP contribution in [0.5, 0.6) is 0 Å². The van der Waals surface area contributed by atoms with Gasteiger partial charge < -0.3 is 10.2 Å². The quantitative estimate of drug-likeness (QED) is 0.630.